The molecule has 0 saturated heterocycles. The molecular weight excluding hydrogens is 2470 g/mol. The fraction of sp³-hybridized carbons (Fsp3) is 0.202. The van der Waals surface area contributed by atoms with Crippen LogP contribution in [0.15, 0.2) is 262 Å². The number of hydrogen-bond acceptors (Lipinski definition) is 5. The molecule has 25 rings (SSSR count). The molecule has 13 aromatic carbocycles. The molecule has 0 bridgehead atoms. The van der Waals surface area contributed by atoms with Gasteiger partial charge in [-0.3, -0.25) is 24.9 Å². The normalized spacial score (nSPS) is 12.7. The average Bonchev–Trinajstić information content (AvgIpc) is 1.72. The molecule has 23 aromatic rings. The van der Waals surface area contributed by atoms with Crippen molar-refractivity contribution in [2.75, 3.05) is 0 Å². The van der Waals surface area contributed by atoms with Crippen LogP contribution in [-0.2, 0) is 106 Å². The maximum absolute atomic E-state index is 5.06. The maximum atomic E-state index is 5.06. The topological polar surface area (TPSA) is 86.5 Å². The largest absolute Gasteiger partial charge is 0.340 e. The third-order valence-corrected chi connectivity index (χ3v) is 26.2. The molecule has 0 atom stereocenters. The summed E-state index contributed by atoms with van der Waals surface area (Å²) in [5.74, 6) is 2.43. The first-order chi connectivity index (χ1) is 60.2. The molecule has 653 valence electrons. The van der Waals surface area contributed by atoms with Crippen molar-refractivity contribution in [2.45, 2.75) is 152 Å². The predicted octanol–water partition coefficient (Wildman–Crippen LogP) is 29.1. The number of pyridine rings is 5. The molecular formula is C114H97Ir5N10-5. The standard InChI is InChI=1S/C32H31N2.C27H25N2.C23H19N2.2C16H11N2.5Ir/c1-18(2)23-15-26(21-9-10-21)31(27(16-23)22-11-12-22)30-17-33-32-25-8-6-5-7-24(25)28-13-19(3)20(4)14-29(28)34(30)32;1-17-9-8-10-18(2)24(17)23-16-19(27(3,4)5)15-22-20-11-6-7-12-21(20)26-28-13-14-29(26)25(22)23;1-14(2)16-11-12-19-21(13-16)25-20-10-5-4-8-17(20)22-15(3)7-6-9-18(22)23(25)24-19;1-11-6-7-13-12-4-2-3-5-14(12)16-17-8-9-18(16)15(13)10-11;1-11-6-7-15-14(10-11)12-4-2-3-5-13(12)16-17-8-9-18(15)16;;;;;/h5-7,13-18,21-22H,9-12H2,1-4H3;6-11,13-16H,1-5H3;4-8,10-14H,1-3H3;2*2-4,6-10H,1H3;;;;;/q5*-1;;;;;. The van der Waals surface area contributed by atoms with E-state index < -0.39 is 0 Å². The number of hydrogen-bond donors (Lipinski definition) is 0. The van der Waals surface area contributed by atoms with Crippen molar-refractivity contribution in [3.8, 4) is 22.4 Å². The zero-order chi connectivity index (χ0) is 84.8. The van der Waals surface area contributed by atoms with Crippen molar-refractivity contribution >= 4 is 148 Å². The van der Waals surface area contributed by atoms with Gasteiger partial charge in [0, 0.05) is 183 Å². The second-order valence-electron chi connectivity index (χ2n) is 36.3. The molecule has 10 aromatic heterocycles. The summed E-state index contributed by atoms with van der Waals surface area (Å²) >= 11 is 0. The van der Waals surface area contributed by atoms with Gasteiger partial charge < -0.3 is 22.0 Å². The molecule has 2 fully saturated rings. The van der Waals surface area contributed by atoms with Crippen LogP contribution in [0.1, 0.15) is 165 Å². The average molecular weight is 2570 g/mol. The van der Waals surface area contributed by atoms with Gasteiger partial charge in [0.1, 0.15) is 0 Å². The number of para-hydroxylation sites is 1. The summed E-state index contributed by atoms with van der Waals surface area (Å²) in [4.78, 5) is 23.6. The number of fused-ring (bicyclic) bond motifs is 32. The zero-order valence-electron chi connectivity index (χ0n) is 74.6. The van der Waals surface area contributed by atoms with Crippen LogP contribution in [0.4, 0.5) is 0 Å². The van der Waals surface area contributed by atoms with Crippen LogP contribution in [0.3, 0.4) is 0 Å². The number of aryl methyl sites for hydroxylation is 7. The second-order valence-corrected chi connectivity index (χ2v) is 36.3. The van der Waals surface area contributed by atoms with E-state index in [0.29, 0.717) is 23.7 Å². The molecule has 0 aliphatic heterocycles. The second kappa shape index (κ2) is 36.6. The Hall–Kier alpha value is -10.6. The molecule has 0 unspecified atom stereocenters. The van der Waals surface area contributed by atoms with Crippen LogP contribution < -0.4 is 0 Å². The SMILES string of the molecule is Cc1cc2c3ccc[c-]c3c3ncc(-c4c(C5CC5)cc(C(C)C)cc4C4CC4)n3c2cc1C.Cc1cc[c-]c2c1c1ccccc1n1c3cc(C(C)C)ccc3nc21.Cc1ccc2c(c1)c1ccc[c-]c1c1nccn21.Cc1ccc2c3ccc[c-]c3c3nccn3c2c1.Cc1cccc(C)c1-c1cc(C(C)(C)C)cc2c3ccc[c-]c3c3nccn3c12.[Ir].[Ir].[Ir].[Ir].[Ir]. The van der Waals surface area contributed by atoms with Gasteiger partial charge in [-0.25, -0.2) is 0 Å². The van der Waals surface area contributed by atoms with Gasteiger partial charge in [0.25, 0.3) is 0 Å². The van der Waals surface area contributed by atoms with E-state index in [1.54, 1.807) is 11.1 Å². The van der Waals surface area contributed by atoms with E-state index in [1.807, 2.05) is 73.4 Å². The molecule has 10 nitrogen and oxygen atoms in total. The molecule has 2 aliphatic rings. The van der Waals surface area contributed by atoms with E-state index in [2.05, 4.69) is 353 Å². The summed E-state index contributed by atoms with van der Waals surface area (Å²) in [6, 6.07) is 95.3. The third-order valence-electron chi connectivity index (χ3n) is 26.2. The Balaban J connectivity index is 0.000000119. The van der Waals surface area contributed by atoms with E-state index in [0.717, 1.165) is 60.7 Å². The fourth-order valence-electron chi connectivity index (χ4n) is 19.3. The van der Waals surface area contributed by atoms with Gasteiger partial charge in [0.05, 0.1) is 45.0 Å². The molecule has 2 saturated carbocycles. The first-order valence-electron chi connectivity index (χ1n) is 43.9. The van der Waals surface area contributed by atoms with Crippen LogP contribution in [0.2, 0.25) is 0 Å². The first-order valence-corrected chi connectivity index (χ1v) is 43.9. The van der Waals surface area contributed by atoms with Crippen molar-refractivity contribution in [3.05, 3.63) is 359 Å². The van der Waals surface area contributed by atoms with Gasteiger partial charge in [-0.1, -0.05) is 184 Å². The Labute approximate surface area is 820 Å². The number of nitrogens with zero attached hydrogens (tertiary/aromatic N) is 10. The summed E-state index contributed by atoms with van der Waals surface area (Å²) < 4.78 is 11.3. The Morgan fingerprint density at radius 1 is 0.349 bits per heavy atom. The van der Waals surface area contributed by atoms with Crippen LogP contribution in [0, 0.1) is 78.8 Å². The quantitative estimate of drug-likeness (QED) is 0.122. The van der Waals surface area contributed by atoms with Crippen molar-refractivity contribution in [2.24, 2.45) is 0 Å². The van der Waals surface area contributed by atoms with E-state index >= 15 is 0 Å². The van der Waals surface area contributed by atoms with Crippen LogP contribution in [0.25, 0.3) is 170 Å². The van der Waals surface area contributed by atoms with Crippen molar-refractivity contribution < 1.29 is 101 Å². The minimum Gasteiger partial charge on any atom is -0.340 e. The van der Waals surface area contributed by atoms with Crippen LogP contribution in [-0.4, -0.2) is 46.9 Å². The molecule has 0 N–H and O–H groups in total. The Bertz CT molecular complexity index is 8260. The van der Waals surface area contributed by atoms with Gasteiger partial charge in [0.2, 0.25) is 0 Å². The molecule has 2 aliphatic carbocycles. The Kier molecular flexibility index (Phi) is 26.0. The number of imidazole rings is 5. The van der Waals surface area contributed by atoms with E-state index in [1.165, 1.54) is 191 Å². The molecule has 129 heavy (non-hydrogen) atoms. The number of benzene rings is 13. The van der Waals surface area contributed by atoms with Gasteiger partial charge in [-0.2, -0.15) is 0 Å². The van der Waals surface area contributed by atoms with Crippen molar-refractivity contribution in [1.29, 1.82) is 0 Å². The summed E-state index contributed by atoms with van der Waals surface area (Å²) in [6.07, 6.45) is 19.1. The van der Waals surface area contributed by atoms with Gasteiger partial charge in [0.15, 0.2) is 0 Å². The summed E-state index contributed by atoms with van der Waals surface area (Å²) in [5, 5.41) is 17.9. The van der Waals surface area contributed by atoms with E-state index in [4.69, 9.17) is 9.97 Å². The number of rotatable bonds is 6. The number of aromatic nitrogens is 10. The molecule has 0 spiro atoms. The molecule has 10 heterocycles. The van der Waals surface area contributed by atoms with Gasteiger partial charge >= 0.3 is 0 Å². The van der Waals surface area contributed by atoms with Crippen molar-refractivity contribution in [1.82, 2.24) is 46.9 Å². The maximum Gasteiger partial charge on any atom is 0.0774 e. The smallest absolute Gasteiger partial charge is 0.0774 e. The summed E-state index contributed by atoms with van der Waals surface area (Å²) in [5.41, 5.74) is 34.9. The third kappa shape index (κ3) is 16.2. The zero-order valence-corrected chi connectivity index (χ0v) is 86.6. The molecule has 15 heteroatoms. The van der Waals surface area contributed by atoms with E-state index in [-0.39, 0.29) is 106 Å². The summed E-state index contributed by atoms with van der Waals surface area (Å²) in [7, 11) is 0. The monoisotopic (exact) mass is 2570 g/mol. The minimum absolute atomic E-state index is 0. The van der Waals surface area contributed by atoms with Gasteiger partial charge in [-0.15, -0.1) is 142 Å². The Morgan fingerprint density at radius 3 is 1.47 bits per heavy atom. The Morgan fingerprint density at radius 2 is 0.868 bits per heavy atom. The van der Waals surface area contributed by atoms with Gasteiger partial charge in [-0.05, 0) is 227 Å². The van der Waals surface area contributed by atoms with Crippen LogP contribution >= 0.6 is 0 Å². The molecule has 0 amide bonds. The van der Waals surface area contributed by atoms with Crippen molar-refractivity contribution in [3.63, 3.8) is 0 Å². The van der Waals surface area contributed by atoms with Crippen LogP contribution in [0.5, 0.6) is 0 Å². The minimum atomic E-state index is 0. The summed E-state index contributed by atoms with van der Waals surface area (Å²) in [6.45, 7) is 31.2. The molecule has 5 radical (unpaired) electrons. The van der Waals surface area contributed by atoms with E-state index in [9.17, 15) is 0 Å². The predicted molar refractivity (Wildman–Crippen MR) is 518 cm³/mol. The fourth-order valence-corrected chi connectivity index (χ4v) is 19.3. The first kappa shape index (κ1) is 91.7.